The maximum atomic E-state index is 6.51. The van der Waals surface area contributed by atoms with Gasteiger partial charge < -0.3 is 57.4 Å². The van der Waals surface area contributed by atoms with Crippen LogP contribution in [-0.2, 0) is 49.2 Å². The molecule has 0 amide bonds. The predicted molar refractivity (Wildman–Crippen MR) is 252 cm³/mol. The highest BCUT2D eigenvalue weighted by Crippen LogP contribution is 2.36. The van der Waals surface area contributed by atoms with Gasteiger partial charge in [-0.1, -0.05) is 17.7 Å². The Bertz CT molecular complexity index is 1940. The van der Waals surface area contributed by atoms with Gasteiger partial charge in [0, 0.05) is 44.2 Å². The lowest BCUT2D eigenvalue weighted by atomic mass is 9.89. The molecule has 1 aromatic carbocycles. The summed E-state index contributed by atoms with van der Waals surface area (Å²) >= 11 is 6.51. The maximum absolute atomic E-state index is 6.51. The Labute approximate surface area is 404 Å². The number of hydrogen-bond donors (Lipinski definition) is 1. The van der Waals surface area contributed by atoms with E-state index in [1.807, 2.05) is 29.9 Å². The molecule has 0 unspecified atom stereocenters. The normalized spacial score (nSPS) is 19.3. The molecule has 378 valence electrons. The van der Waals surface area contributed by atoms with Crippen LogP contribution in [0.25, 0.3) is 11.1 Å². The van der Waals surface area contributed by atoms with Crippen LogP contribution in [0.4, 0.5) is 11.6 Å². The fourth-order valence-electron chi connectivity index (χ4n) is 7.94. The van der Waals surface area contributed by atoms with E-state index in [4.69, 9.17) is 68.8 Å². The molecule has 21 nitrogen and oxygen atoms in total. The van der Waals surface area contributed by atoms with Gasteiger partial charge in [-0.05, 0) is 74.6 Å². The van der Waals surface area contributed by atoms with Crippen molar-refractivity contribution < 1.29 is 52.1 Å². The van der Waals surface area contributed by atoms with Crippen LogP contribution in [0.5, 0.6) is 11.6 Å². The number of nitrogens with zero attached hydrogens (tertiary/aromatic N) is 9. The molecule has 3 aromatic heterocycles. The van der Waals surface area contributed by atoms with Gasteiger partial charge in [0.05, 0.1) is 135 Å². The third-order valence-electron chi connectivity index (χ3n) is 11.2. The second kappa shape index (κ2) is 30.5. The Hall–Kier alpha value is -4.13. The molecule has 4 heterocycles. The van der Waals surface area contributed by atoms with E-state index in [0.717, 1.165) is 49.9 Å². The molecule has 2 fully saturated rings. The fourth-order valence-corrected chi connectivity index (χ4v) is 8.10. The lowest BCUT2D eigenvalue weighted by molar-refractivity contribution is -0.0852. The molecule has 0 radical (unpaired) electrons. The van der Waals surface area contributed by atoms with Gasteiger partial charge in [0.2, 0.25) is 5.95 Å². The van der Waals surface area contributed by atoms with Crippen LogP contribution in [0.15, 0.2) is 43.1 Å². The largest absolute Gasteiger partial charge is 0.487 e. The minimum absolute atomic E-state index is 0.230. The molecule has 1 aliphatic heterocycles. The standard InChI is InChI=1S/C46H71ClN10O11/c1-35-30-55(31-36(2)67-35)40-6-8-41(9-7-40)57-33-43(51-46-48-28-39(29-49-46)38-5-10-42(47)44(27-38)68-37(3)32-56-34-50-53-54-56)45(52-57)66-26-25-65-24-23-64-22-21-63-20-19-62-18-17-61-16-15-60-14-13-59-12-11-58-4/h5,10,27-29,33-37,40-41H,6-9,11-26,30-32H2,1-4H3,(H,48,49,51)/t35-,36+,37-,40-,41-/m0/s1. The molecule has 1 saturated heterocycles. The van der Waals surface area contributed by atoms with E-state index in [-0.39, 0.29) is 24.4 Å². The molecule has 0 bridgehead atoms. The van der Waals surface area contributed by atoms with Crippen LogP contribution in [0.1, 0.15) is 52.5 Å². The molecule has 6 rings (SSSR count). The number of nitrogens with one attached hydrogen (secondary N) is 1. The zero-order valence-corrected chi connectivity index (χ0v) is 40.8. The van der Waals surface area contributed by atoms with Crippen molar-refractivity contribution in [2.24, 2.45) is 0 Å². The Morgan fingerprint density at radius 1 is 0.721 bits per heavy atom. The second-order valence-corrected chi connectivity index (χ2v) is 17.1. The lowest BCUT2D eigenvalue weighted by Crippen LogP contribution is -2.51. The molecular weight excluding hydrogens is 904 g/mol. The smallest absolute Gasteiger partial charge is 0.257 e. The first kappa shape index (κ1) is 53.2. The number of rotatable bonds is 34. The number of benzene rings is 1. The van der Waals surface area contributed by atoms with E-state index in [2.05, 4.69) is 49.6 Å². The van der Waals surface area contributed by atoms with E-state index in [1.54, 1.807) is 36.6 Å². The summed E-state index contributed by atoms with van der Waals surface area (Å²) in [6.45, 7) is 16.3. The summed E-state index contributed by atoms with van der Waals surface area (Å²) in [5.41, 5.74) is 2.32. The van der Waals surface area contributed by atoms with E-state index in [1.165, 1.54) is 0 Å². The Morgan fingerprint density at radius 3 is 1.81 bits per heavy atom. The van der Waals surface area contributed by atoms with Gasteiger partial charge in [-0.2, -0.15) is 0 Å². The number of aromatic nitrogens is 8. The van der Waals surface area contributed by atoms with E-state index < -0.39 is 0 Å². The van der Waals surface area contributed by atoms with Crippen LogP contribution < -0.4 is 14.8 Å². The average Bonchev–Trinajstić information content (AvgIpc) is 4.01. The van der Waals surface area contributed by atoms with Crippen molar-refractivity contribution in [1.29, 1.82) is 0 Å². The fraction of sp³-hybridized carbons (Fsp3) is 0.696. The third kappa shape index (κ3) is 19.0. The topological polar surface area (TPSA) is 204 Å². The Morgan fingerprint density at radius 2 is 1.26 bits per heavy atom. The van der Waals surface area contributed by atoms with Crippen LogP contribution in [-0.4, -0.2) is 195 Å². The lowest BCUT2D eigenvalue weighted by Gasteiger charge is -2.42. The van der Waals surface area contributed by atoms with Crippen molar-refractivity contribution >= 4 is 23.2 Å². The molecule has 68 heavy (non-hydrogen) atoms. The van der Waals surface area contributed by atoms with Crippen molar-refractivity contribution in [3.05, 3.63) is 48.1 Å². The molecule has 22 heteroatoms. The zero-order chi connectivity index (χ0) is 47.6. The molecule has 1 saturated carbocycles. The highest BCUT2D eigenvalue weighted by molar-refractivity contribution is 6.32. The molecule has 3 atom stereocenters. The van der Waals surface area contributed by atoms with Gasteiger partial charge in [-0.3, -0.25) is 9.58 Å². The number of hydrogen-bond acceptors (Lipinski definition) is 19. The van der Waals surface area contributed by atoms with Gasteiger partial charge in [-0.25, -0.2) is 14.6 Å². The summed E-state index contributed by atoms with van der Waals surface area (Å²) < 4.78 is 65.8. The molecule has 0 spiro atoms. The zero-order valence-electron chi connectivity index (χ0n) is 40.1. The number of methoxy groups -OCH3 is 1. The summed E-state index contributed by atoms with van der Waals surface area (Å²) in [7, 11) is 1.65. The number of ether oxygens (including phenoxy) is 11. The molecule has 4 aromatic rings. The maximum Gasteiger partial charge on any atom is 0.257 e. The number of tetrazole rings is 1. The molecular formula is C46H71ClN10O11. The van der Waals surface area contributed by atoms with Gasteiger partial charge in [0.25, 0.3) is 5.88 Å². The first-order valence-corrected chi connectivity index (χ1v) is 24.1. The van der Waals surface area contributed by atoms with Gasteiger partial charge in [-0.15, -0.1) is 10.2 Å². The third-order valence-corrected chi connectivity index (χ3v) is 11.5. The average molecular weight is 976 g/mol. The molecule has 2 aliphatic rings. The van der Waals surface area contributed by atoms with Crippen molar-refractivity contribution in [3.8, 4) is 22.8 Å². The number of halogens is 1. The summed E-state index contributed by atoms with van der Waals surface area (Å²) in [5.74, 6) is 1.40. The van der Waals surface area contributed by atoms with Crippen LogP contribution >= 0.6 is 11.6 Å². The Balaban J connectivity index is 0.900. The minimum Gasteiger partial charge on any atom is -0.487 e. The summed E-state index contributed by atoms with van der Waals surface area (Å²) in [4.78, 5) is 11.9. The SMILES string of the molecule is COCCOCCOCCOCCOCCOCCOCCOCCOc1nn([C@H]2CC[C@H](N3C[C@@H](C)O[C@@H](C)C3)CC2)cc1Nc1ncc(-c2ccc(Cl)c(O[C@@H](C)Cn3cnnn3)c2)cn1. The molecule has 1 aliphatic carbocycles. The monoisotopic (exact) mass is 974 g/mol. The van der Waals surface area contributed by atoms with Gasteiger partial charge in [0.1, 0.15) is 30.5 Å². The second-order valence-electron chi connectivity index (χ2n) is 16.7. The van der Waals surface area contributed by atoms with Crippen LogP contribution in [0, 0.1) is 0 Å². The quantitative estimate of drug-likeness (QED) is 0.0617. The van der Waals surface area contributed by atoms with Gasteiger partial charge in [0.15, 0.2) is 0 Å². The summed E-state index contributed by atoms with van der Waals surface area (Å²) in [6, 6.07) is 6.36. The van der Waals surface area contributed by atoms with Crippen LogP contribution in [0.3, 0.4) is 0 Å². The summed E-state index contributed by atoms with van der Waals surface area (Å²) in [5, 5.41) is 20.1. The van der Waals surface area contributed by atoms with Crippen molar-refractivity contribution in [2.45, 2.75) is 83.4 Å². The molecule has 1 N–H and O–H groups in total. The van der Waals surface area contributed by atoms with Crippen molar-refractivity contribution in [1.82, 2.24) is 44.9 Å². The minimum atomic E-state index is -0.230. The van der Waals surface area contributed by atoms with Crippen molar-refractivity contribution in [2.75, 3.05) is 131 Å². The first-order valence-electron chi connectivity index (χ1n) is 23.8. The van der Waals surface area contributed by atoms with Crippen LogP contribution in [0.2, 0.25) is 5.02 Å². The van der Waals surface area contributed by atoms with E-state index in [0.29, 0.717) is 147 Å². The first-order chi connectivity index (χ1) is 33.3. The van der Waals surface area contributed by atoms with E-state index >= 15 is 0 Å². The highest BCUT2D eigenvalue weighted by atomic mass is 35.5. The number of morpholine rings is 1. The number of anilines is 2. The van der Waals surface area contributed by atoms with E-state index in [9.17, 15) is 0 Å². The van der Waals surface area contributed by atoms with Crippen molar-refractivity contribution in [3.63, 3.8) is 0 Å². The predicted octanol–water partition coefficient (Wildman–Crippen LogP) is 4.93. The highest BCUT2D eigenvalue weighted by Gasteiger charge is 2.32. The Kier molecular flexibility index (Phi) is 23.9. The summed E-state index contributed by atoms with van der Waals surface area (Å²) in [6.07, 6.45) is 11.5. The van der Waals surface area contributed by atoms with Gasteiger partial charge >= 0.3 is 0 Å².